The first-order chi connectivity index (χ1) is 14.1. The lowest BCUT2D eigenvalue weighted by atomic mass is 9.81. The van der Waals surface area contributed by atoms with Crippen LogP contribution < -0.4 is 15.4 Å². The van der Waals surface area contributed by atoms with E-state index in [0.29, 0.717) is 42.2 Å². The van der Waals surface area contributed by atoms with Gasteiger partial charge in [0.2, 0.25) is 11.8 Å². The highest BCUT2D eigenvalue weighted by Crippen LogP contribution is 2.35. The second kappa shape index (κ2) is 8.93. The summed E-state index contributed by atoms with van der Waals surface area (Å²) in [5, 5.41) is 16.5. The van der Waals surface area contributed by atoms with Crippen molar-refractivity contribution in [3.8, 4) is 11.9 Å². The van der Waals surface area contributed by atoms with E-state index in [1.165, 1.54) is 19.3 Å². The highest BCUT2D eigenvalue weighted by molar-refractivity contribution is 7.15. The van der Waals surface area contributed by atoms with Crippen LogP contribution in [0, 0.1) is 18.3 Å². The summed E-state index contributed by atoms with van der Waals surface area (Å²) in [6.45, 7) is 2.91. The van der Waals surface area contributed by atoms with Crippen molar-refractivity contribution < 1.29 is 4.74 Å². The van der Waals surface area contributed by atoms with E-state index < -0.39 is 0 Å². The number of anilines is 3. The number of rotatable bonds is 7. The summed E-state index contributed by atoms with van der Waals surface area (Å²) in [6.07, 6.45) is 8.24. The molecular formula is C20H27N7OS. The molecule has 2 saturated heterocycles. The molecule has 9 heteroatoms. The monoisotopic (exact) mass is 413 g/mol. The molecule has 8 nitrogen and oxygen atoms in total. The summed E-state index contributed by atoms with van der Waals surface area (Å²) in [5.41, 5.74) is 0. The van der Waals surface area contributed by atoms with Crippen LogP contribution >= 0.6 is 11.3 Å². The maximum atomic E-state index is 8.96. The van der Waals surface area contributed by atoms with Crippen molar-refractivity contribution >= 4 is 28.2 Å². The van der Waals surface area contributed by atoms with Gasteiger partial charge in [-0.3, -0.25) is 4.90 Å². The molecule has 3 atom stereocenters. The van der Waals surface area contributed by atoms with Crippen molar-refractivity contribution in [2.75, 3.05) is 24.3 Å². The summed E-state index contributed by atoms with van der Waals surface area (Å²) in [7, 11) is 1.61. The molecule has 0 aromatic carbocycles. The van der Waals surface area contributed by atoms with Crippen molar-refractivity contribution in [1.82, 2.24) is 19.9 Å². The van der Waals surface area contributed by atoms with Crippen LogP contribution in [0.2, 0.25) is 0 Å². The minimum atomic E-state index is 0.325. The van der Waals surface area contributed by atoms with Crippen LogP contribution in [0.4, 0.5) is 16.9 Å². The zero-order valence-electron chi connectivity index (χ0n) is 16.9. The summed E-state index contributed by atoms with van der Waals surface area (Å²) < 4.78 is 5.38. The van der Waals surface area contributed by atoms with E-state index in [-0.39, 0.29) is 0 Å². The standard InChI is InChI=1S/C20H27N7OS/c1-13-12-22-20(29-13)25-17-11-18(28-2)26-19(24-17)23-14-9-15-5-3-6-16(10-14)27(15)8-4-7-21/h11-12,14-16H,3-6,8-10H2,1-2H3,(H2,22,23,24,25,26)/t14?,15-,16+. The van der Waals surface area contributed by atoms with Crippen molar-refractivity contribution in [3.63, 3.8) is 0 Å². The second-order valence-corrected chi connectivity index (χ2v) is 8.95. The van der Waals surface area contributed by atoms with Gasteiger partial charge in [-0.05, 0) is 32.6 Å². The van der Waals surface area contributed by atoms with Crippen LogP contribution in [-0.2, 0) is 0 Å². The van der Waals surface area contributed by atoms with Gasteiger partial charge in [0.25, 0.3) is 0 Å². The highest BCUT2D eigenvalue weighted by Gasteiger charge is 2.38. The fourth-order valence-electron chi connectivity index (χ4n) is 4.50. The molecular weight excluding hydrogens is 386 g/mol. The third-order valence-electron chi connectivity index (χ3n) is 5.71. The molecule has 0 saturated carbocycles. The molecule has 0 amide bonds. The lowest BCUT2D eigenvalue weighted by Crippen LogP contribution is -2.55. The van der Waals surface area contributed by atoms with E-state index in [1.54, 1.807) is 24.5 Å². The first-order valence-corrected chi connectivity index (χ1v) is 11.0. The number of nitriles is 1. The Bertz CT molecular complexity index is 866. The van der Waals surface area contributed by atoms with E-state index in [9.17, 15) is 0 Å². The smallest absolute Gasteiger partial charge is 0.228 e. The number of methoxy groups -OCH3 is 1. The number of hydrogen-bond acceptors (Lipinski definition) is 9. The van der Waals surface area contributed by atoms with Crippen molar-refractivity contribution in [2.45, 2.75) is 63.6 Å². The van der Waals surface area contributed by atoms with E-state index in [4.69, 9.17) is 10.00 Å². The SMILES string of the molecule is COc1cc(Nc2ncc(C)s2)nc(NC2C[C@H]3CCC[C@@H](C2)N3CCC#N)n1. The normalized spacial score (nSPS) is 24.0. The van der Waals surface area contributed by atoms with Crippen LogP contribution in [0.25, 0.3) is 0 Å². The number of thiazole rings is 1. The number of hydrogen-bond donors (Lipinski definition) is 2. The van der Waals surface area contributed by atoms with E-state index in [1.807, 2.05) is 13.1 Å². The van der Waals surface area contributed by atoms with Gasteiger partial charge in [0, 0.05) is 48.2 Å². The summed E-state index contributed by atoms with van der Waals surface area (Å²) in [4.78, 5) is 17.2. The van der Waals surface area contributed by atoms with Crippen LogP contribution in [0.5, 0.6) is 5.88 Å². The molecule has 2 fully saturated rings. The Morgan fingerprint density at radius 3 is 2.76 bits per heavy atom. The Hall–Kier alpha value is -2.44. The number of nitrogens with zero attached hydrogens (tertiary/aromatic N) is 5. The molecule has 2 aliphatic rings. The molecule has 2 aromatic heterocycles. The van der Waals surface area contributed by atoms with Gasteiger partial charge in [-0.15, -0.1) is 11.3 Å². The van der Waals surface area contributed by atoms with Crippen LogP contribution in [0.3, 0.4) is 0 Å². The quantitative estimate of drug-likeness (QED) is 0.709. The largest absolute Gasteiger partial charge is 0.481 e. The average Bonchev–Trinajstić information content (AvgIpc) is 3.10. The molecule has 0 aliphatic carbocycles. The molecule has 4 heterocycles. The molecule has 2 aromatic rings. The summed E-state index contributed by atoms with van der Waals surface area (Å²) in [5.74, 6) is 1.76. The van der Waals surface area contributed by atoms with E-state index >= 15 is 0 Å². The van der Waals surface area contributed by atoms with Gasteiger partial charge in [-0.25, -0.2) is 4.98 Å². The summed E-state index contributed by atoms with van der Waals surface area (Å²) in [6, 6.07) is 5.47. The molecule has 0 radical (unpaired) electrons. The predicted octanol–water partition coefficient (Wildman–Crippen LogP) is 3.70. The second-order valence-electron chi connectivity index (χ2n) is 7.72. The fourth-order valence-corrected chi connectivity index (χ4v) is 5.17. The lowest BCUT2D eigenvalue weighted by Gasteiger charge is -2.48. The number of aromatic nitrogens is 3. The maximum absolute atomic E-state index is 8.96. The Morgan fingerprint density at radius 1 is 1.31 bits per heavy atom. The summed E-state index contributed by atoms with van der Waals surface area (Å²) >= 11 is 1.58. The Labute approximate surface area is 175 Å². The highest BCUT2D eigenvalue weighted by atomic mass is 32.1. The minimum absolute atomic E-state index is 0.325. The fraction of sp³-hybridized carbons (Fsp3) is 0.600. The number of ether oxygens (including phenoxy) is 1. The first-order valence-electron chi connectivity index (χ1n) is 10.2. The van der Waals surface area contributed by atoms with Gasteiger partial charge >= 0.3 is 0 Å². The van der Waals surface area contributed by atoms with E-state index in [2.05, 4.69) is 36.6 Å². The average molecular weight is 414 g/mol. The predicted molar refractivity (Wildman–Crippen MR) is 114 cm³/mol. The first kappa shape index (κ1) is 19.9. The van der Waals surface area contributed by atoms with Gasteiger partial charge in [0.05, 0.1) is 13.2 Å². The molecule has 1 unspecified atom stereocenters. The molecule has 2 bridgehead atoms. The zero-order valence-corrected chi connectivity index (χ0v) is 17.7. The molecule has 2 N–H and O–H groups in total. The van der Waals surface area contributed by atoms with Gasteiger partial charge < -0.3 is 15.4 Å². The number of piperidine rings is 2. The third kappa shape index (κ3) is 4.77. The van der Waals surface area contributed by atoms with Crippen LogP contribution in [-0.4, -0.2) is 51.6 Å². The van der Waals surface area contributed by atoms with Crippen molar-refractivity contribution in [2.24, 2.45) is 0 Å². The van der Waals surface area contributed by atoms with Crippen molar-refractivity contribution in [3.05, 3.63) is 17.1 Å². The van der Waals surface area contributed by atoms with Gasteiger partial charge in [-0.2, -0.15) is 15.2 Å². The Morgan fingerprint density at radius 2 is 2.10 bits per heavy atom. The van der Waals surface area contributed by atoms with E-state index in [0.717, 1.165) is 29.4 Å². The number of nitrogens with one attached hydrogen (secondary N) is 2. The topological polar surface area (TPSA) is 99.0 Å². The molecule has 154 valence electrons. The Balaban J connectivity index is 1.46. The molecule has 4 rings (SSSR count). The number of fused-ring (bicyclic) bond motifs is 2. The molecule has 2 aliphatic heterocycles. The number of aryl methyl sites for hydroxylation is 1. The maximum Gasteiger partial charge on any atom is 0.228 e. The zero-order chi connectivity index (χ0) is 20.2. The molecule has 0 spiro atoms. The van der Waals surface area contributed by atoms with Gasteiger partial charge in [0.1, 0.15) is 5.82 Å². The van der Waals surface area contributed by atoms with Crippen LogP contribution in [0.15, 0.2) is 12.3 Å². The molecule has 29 heavy (non-hydrogen) atoms. The lowest BCUT2D eigenvalue weighted by molar-refractivity contribution is 0.0369. The third-order valence-corrected chi connectivity index (χ3v) is 6.54. The van der Waals surface area contributed by atoms with Gasteiger partial charge in [0.15, 0.2) is 5.13 Å². The van der Waals surface area contributed by atoms with Crippen molar-refractivity contribution in [1.29, 1.82) is 5.26 Å². The van der Waals surface area contributed by atoms with Crippen LogP contribution in [0.1, 0.15) is 43.4 Å². The minimum Gasteiger partial charge on any atom is -0.481 e. The van der Waals surface area contributed by atoms with Gasteiger partial charge in [-0.1, -0.05) is 6.42 Å². The Kier molecular flexibility index (Phi) is 6.11.